The second kappa shape index (κ2) is 2.47. The number of nitrogens with one attached hydrogen (secondary N) is 1. The van der Waals surface area contributed by atoms with Crippen LogP contribution < -0.4 is 10.3 Å². The van der Waals surface area contributed by atoms with E-state index >= 15 is 0 Å². The molecular formula is C9H9N5. The van der Waals surface area contributed by atoms with Crippen LogP contribution in [0, 0.1) is 0 Å². The molecule has 0 spiro atoms. The van der Waals surface area contributed by atoms with Crippen molar-refractivity contribution in [2.24, 2.45) is 10.3 Å². The summed E-state index contributed by atoms with van der Waals surface area (Å²) in [5, 5.41) is 14.8. The lowest BCUT2D eigenvalue weighted by Crippen LogP contribution is -2.33. The molecule has 0 bridgehead atoms. The highest BCUT2D eigenvalue weighted by atomic mass is 15.9. The average molecular weight is 187 g/mol. The fourth-order valence-corrected chi connectivity index (χ4v) is 1.63. The Balaban J connectivity index is 2.15. The van der Waals surface area contributed by atoms with Gasteiger partial charge < -0.3 is 5.32 Å². The van der Waals surface area contributed by atoms with Crippen LogP contribution in [0.3, 0.4) is 0 Å². The fraction of sp³-hybridized carbons (Fsp3) is 0.111. The van der Waals surface area contributed by atoms with Crippen molar-refractivity contribution in [3.8, 4) is 0 Å². The van der Waals surface area contributed by atoms with Crippen molar-refractivity contribution in [1.82, 2.24) is 5.12 Å². The minimum Gasteiger partial charge on any atom is -0.357 e. The van der Waals surface area contributed by atoms with E-state index in [9.17, 15) is 0 Å². The molecule has 0 amide bonds. The van der Waals surface area contributed by atoms with Crippen LogP contribution in [0.2, 0.25) is 0 Å². The summed E-state index contributed by atoms with van der Waals surface area (Å²) in [5.41, 5.74) is 2.13. The first-order valence-corrected chi connectivity index (χ1v) is 4.37. The zero-order chi connectivity index (χ0) is 9.54. The van der Waals surface area contributed by atoms with Crippen molar-refractivity contribution < 1.29 is 0 Å². The quantitative estimate of drug-likeness (QED) is 0.675. The average Bonchev–Trinajstić information content (AvgIpc) is 2.61. The van der Waals surface area contributed by atoms with Crippen LogP contribution in [-0.2, 0) is 0 Å². The summed E-state index contributed by atoms with van der Waals surface area (Å²) >= 11 is 0. The molecule has 0 saturated carbocycles. The predicted molar refractivity (Wildman–Crippen MR) is 53.2 cm³/mol. The van der Waals surface area contributed by atoms with E-state index in [0.29, 0.717) is 0 Å². The van der Waals surface area contributed by atoms with E-state index < -0.39 is 0 Å². The number of anilines is 2. The topological polar surface area (TPSA) is 43.2 Å². The number of hydrogen-bond donors (Lipinski definition) is 1. The first-order chi connectivity index (χ1) is 6.86. The number of para-hydroxylation sites is 2. The maximum absolute atomic E-state index is 4.01. The number of hydrogen-bond acceptors (Lipinski definition) is 5. The van der Waals surface area contributed by atoms with Gasteiger partial charge in [0.1, 0.15) is 0 Å². The Labute approximate surface area is 81.3 Å². The van der Waals surface area contributed by atoms with Gasteiger partial charge in [-0.15, -0.1) is 5.11 Å². The van der Waals surface area contributed by atoms with Gasteiger partial charge in [0.2, 0.25) is 0 Å². The van der Waals surface area contributed by atoms with Crippen LogP contribution in [-0.4, -0.2) is 12.2 Å². The first kappa shape index (κ1) is 7.37. The van der Waals surface area contributed by atoms with Crippen molar-refractivity contribution in [3.63, 3.8) is 0 Å². The van der Waals surface area contributed by atoms with E-state index in [4.69, 9.17) is 0 Å². The summed E-state index contributed by atoms with van der Waals surface area (Å²) in [6, 6.07) is 8.04. The number of rotatable bonds is 0. The highest BCUT2D eigenvalue weighted by Gasteiger charge is 2.26. The summed E-state index contributed by atoms with van der Waals surface area (Å²) in [4.78, 5) is 0. The molecule has 1 N–H and O–H groups in total. The molecule has 0 unspecified atom stereocenters. The van der Waals surface area contributed by atoms with E-state index in [0.717, 1.165) is 17.2 Å². The number of fused-ring (bicyclic) bond motifs is 3. The monoisotopic (exact) mass is 187 g/mol. The lowest BCUT2D eigenvalue weighted by atomic mass is 10.2. The molecule has 1 aromatic carbocycles. The van der Waals surface area contributed by atoms with Crippen molar-refractivity contribution in [1.29, 1.82) is 0 Å². The molecule has 0 aliphatic carbocycles. The van der Waals surface area contributed by atoms with Crippen LogP contribution in [0.4, 0.5) is 11.4 Å². The smallest absolute Gasteiger partial charge is 0.193 e. The van der Waals surface area contributed by atoms with E-state index in [2.05, 4.69) is 15.7 Å². The molecule has 70 valence electrons. The molecule has 5 heteroatoms. The third kappa shape index (κ3) is 0.834. The van der Waals surface area contributed by atoms with Gasteiger partial charge in [0.25, 0.3) is 0 Å². The summed E-state index contributed by atoms with van der Waals surface area (Å²) in [6.45, 7) is 0. The van der Waals surface area contributed by atoms with Gasteiger partial charge in [-0.1, -0.05) is 12.1 Å². The van der Waals surface area contributed by atoms with Crippen molar-refractivity contribution >= 4 is 11.4 Å². The lowest BCUT2D eigenvalue weighted by molar-refractivity contribution is 0.365. The second-order valence-corrected chi connectivity index (χ2v) is 3.15. The first-order valence-electron chi connectivity index (χ1n) is 4.37. The number of benzene rings is 1. The molecule has 1 aromatic rings. The molecule has 2 aliphatic rings. The third-order valence-corrected chi connectivity index (χ3v) is 2.27. The summed E-state index contributed by atoms with van der Waals surface area (Å²) in [7, 11) is 1.87. The Kier molecular flexibility index (Phi) is 1.30. The number of hydrazine groups is 1. The molecule has 0 fully saturated rings. The maximum Gasteiger partial charge on any atom is 0.193 e. The molecule has 2 heterocycles. The van der Waals surface area contributed by atoms with Gasteiger partial charge in [-0.3, -0.25) is 0 Å². The second-order valence-electron chi connectivity index (χ2n) is 3.15. The van der Waals surface area contributed by atoms with Gasteiger partial charge in [0, 0.05) is 13.2 Å². The van der Waals surface area contributed by atoms with Gasteiger partial charge in [0.05, 0.1) is 11.4 Å². The molecule has 2 aliphatic heterocycles. The highest BCUT2D eigenvalue weighted by molar-refractivity contribution is 5.75. The van der Waals surface area contributed by atoms with Gasteiger partial charge in [-0.2, -0.15) is 5.12 Å². The minimum atomic E-state index is 0.811. The SMILES string of the molecule is CN1N=NC2=CNc3ccccc3N21. The Hall–Kier alpha value is -2.04. The highest BCUT2D eigenvalue weighted by Crippen LogP contribution is 2.36. The molecule has 0 radical (unpaired) electrons. The normalized spacial score (nSPS) is 17.4. The molecule has 3 rings (SSSR count). The largest absolute Gasteiger partial charge is 0.357 e. The standard InChI is InChI=1S/C9H9N5/c1-13-12-11-9-6-10-7-4-2-3-5-8(7)14(9)13/h2-6,10H,1H3. The summed E-state index contributed by atoms with van der Waals surface area (Å²) < 4.78 is 0. The predicted octanol–water partition coefficient (Wildman–Crippen LogP) is 1.95. The van der Waals surface area contributed by atoms with E-state index in [1.54, 1.807) is 5.12 Å². The van der Waals surface area contributed by atoms with Crippen molar-refractivity contribution in [2.45, 2.75) is 0 Å². The molecule has 14 heavy (non-hydrogen) atoms. The molecule has 0 aromatic heterocycles. The zero-order valence-corrected chi connectivity index (χ0v) is 7.68. The lowest BCUT2D eigenvalue weighted by Gasteiger charge is -2.28. The summed E-state index contributed by atoms with van der Waals surface area (Å²) in [5.74, 6) is 0.811. The van der Waals surface area contributed by atoms with E-state index in [-0.39, 0.29) is 0 Å². The Morgan fingerprint density at radius 1 is 1.29 bits per heavy atom. The molecule has 0 atom stereocenters. The Bertz CT molecular complexity index is 437. The molecular weight excluding hydrogens is 178 g/mol. The van der Waals surface area contributed by atoms with Crippen LogP contribution in [0.1, 0.15) is 0 Å². The van der Waals surface area contributed by atoms with Crippen LogP contribution in [0.15, 0.2) is 46.6 Å². The van der Waals surface area contributed by atoms with Crippen LogP contribution in [0.25, 0.3) is 0 Å². The van der Waals surface area contributed by atoms with Crippen molar-refractivity contribution in [2.75, 3.05) is 17.4 Å². The summed E-state index contributed by atoms with van der Waals surface area (Å²) in [6.07, 6.45) is 1.84. The minimum absolute atomic E-state index is 0.811. The van der Waals surface area contributed by atoms with Crippen LogP contribution in [0.5, 0.6) is 0 Å². The number of nitrogens with zero attached hydrogens (tertiary/aromatic N) is 4. The maximum atomic E-state index is 4.01. The molecule has 5 nitrogen and oxygen atoms in total. The Morgan fingerprint density at radius 2 is 2.14 bits per heavy atom. The van der Waals surface area contributed by atoms with Gasteiger partial charge >= 0.3 is 0 Å². The van der Waals surface area contributed by atoms with Crippen molar-refractivity contribution in [3.05, 3.63) is 36.3 Å². The van der Waals surface area contributed by atoms with Gasteiger partial charge in [-0.25, -0.2) is 5.01 Å². The zero-order valence-electron chi connectivity index (χ0n) is 7.68. The van der Waals surface area contributed by atoms with E-state index in [1.165, 1.54) is 0 Å². The van der Waals surface area contributed by atoms with Gasteiger partial charge in [0.15, 0.2) is 5.82 Å². The molecule has 0 saturated heterocycles. The Morgan fingerprint density at radius 3 is 3.07 bits per heavy atom. The third-order valence-electron chi connectivity index (χ3n) is 2.27. The van der Waals surface area contributed by atoms with E-state index in [1.807, 2.05) is 42.5 Å². The van der Waals surface area contributed by atoms with Crippen LogP contribution >= 0.6 is 0 Å². The van der Waals surface area contributed by atoms with Gasteiger partial charge in [-0.05, 0) is 17.4 Å². The fourth-order valence-electron chi connectivity index (χ4n) is 1.63.